The summed E-state index contributed by atoms with van der Waals surface area (Å²) in [5, 5.41) is 10.1. The number of amides is 1. The number of phenols is 1. The van der Waals surface area contributed by atoms with Crippen molar-refractivity contribution >= 4 is 11.6 Å². The van der Waals surface area contributed by atoms with E-state index in [1.54, 1.807) is 6.07 Å². The number of carbonyl (C=O) groups is 1. The summed E-state index contributed by atoms with van der Waals surface area (Å²) in [6, 6.07) is 7.64. The zero-order chi connectivity index (χ0) is 16.6. The van der Waals surface area contributed by atoms with Gasteiger partial charge >= 0.3 is 0 Å². The molecule has 1 aliphatic heterocycles. The van der Waals surface area contributed by atoms with Gasteiger partial charge in [-0.05, 0) is 36.6 Å². The third-order valence-electron chi connectivity index (χ3n) is 3.90. The fourth-order valence-electron chi connectivity index (χ4n) is 2.77. The zero-order valence-corrected chi connectivity index (χ0v) is 12.6. The Kier molecular flexibility index (Phi) is 3.75. The molecule has 2 aromatic rings. The molecule has 0 saturated carbocycles. The lowest BCUT2D eigenvalue weighted by molar-refractivity contribution is 0.0127. The number of hydrogen-bond acceptors (Lipinski definition) is 3. The van der Waals surface area contributed by atoms with Gasteiger partial charge in [0.25, 0.3) is 11.8 Å². The molecule has 1 amide bonds. The Hall–Kier alpha value is -2.50. The lowest BCUT2D eigenvalue weighted by Gasteiger charge is -2.30. The lowest BCUT2D eigenvalue weighted by Crippen LogP contribution is -2.35. The standard InChI is InChI=1S/C17H16F2N2O2/c1-17(18,19)14-8-7-12(10-20-14)16(23)21-9-3-5-11-4-2-6-13(22)15(11)21/h2,4,6-8,10,22H,3,5,9H2,1H3. The summed E-state index contributed by atoms with van der Waals surface area (Å²) in [7, 11) is 0. The van der Waals surface area contributed by atoms with E-state index in [1.165, 1.54) is 17.0 Å². The van der Waals surface area contributed by atoms with E-state index in [0.717, 1.165) is 37.6 Å². The molecule has 1 aromatic carbocycles. The smallest absolute Gasteiger partial charge is 0.286 e. The Balaban J connectivity index is 1.93. The number of phenolic OH excluding ortho intramolecular Hbond substituents is 1. The summed E-state index contributed by atoms with van der Waals surface area (Å²) >= 11 is 0. The Morgan fingerprint density at radius 3 is 2.74 bits per heavy atom. The summed E-state index contributed by atoms with van der Waals surface area (Å²) in [4.78, 5) is 17.8. The molecule has 0 saturated heterocycles. The van der Waals surface area contributed by atoms with Crippen molar-refractivity contribution in [3.63, 3.8) is 0 Å². The van der Waals surface area contributed by atoms with E-state index in [2.05, 4.69) is 4.98 Å². The van der Waals surface area contributed by atoms with Crippen molar-refractivity contribution in [1.29, 1.82) is 0 Å². The van der Waals surface area contributed by atoms with Gasteiger partial charge in [0, 0.05) is 19.7 Å². The monoisotopic (exact) mass is 318 g/mol. The number of aryl methyl sites for hydroxylation is 1. The largest absolute Gasteiger partial charge is 0.506 e. The summed E-state index contributed by atoms with van der Waals surface area (Å²) in [5.41, 5.74) is 1.23. The Morgan fingerprint density at radius 2 is 2.09 bits per heavy atom. The van der Waals surface area contributed by atoms with Crippen LogP contribution in [0.25, 0.3) is 0 Å². The predicted molar refractivity (Wildman–Crippen MR) is 81.9 cm³/mol. The number of hydrogen-bond donors (Lipinski definition) is 1. The molecule has 1 N–H and O–H groups in total. The summed E-state index contributed by atoms with van der Waals surface area (Å²) < 4.78 is 26.4. The molecule has 1 aliphatic rings. The Bertz CT molecular complexity index is 739. The number of alkyl halides is 2. The highest BCUT2D eigenvalue weighted by Gasteiger charge is 2.29. The van der Waals surface area contributed by atoms with Gasteiger partial charge in [-0.3, -0.25) is 9.78 Å². The van der Waals surface area contributed by atoms with Crippen molar-refractivity contribution in [3.05, 3.63) is 53.3 Å². The number of benzene rings is 1. The minimum atomic E-state index is -3.04. The van der Waals surface area contributed by atoms with Crippen LogP contribution in [0.15, 0.2) is 36.5 Å². The van der Waals surface area contributed by atoms with Crippen LogP contribution in [0.1, 0.15) is 35.0 Å². The fourth-order valence-corrected chi connectivity index (χ4v) is 2.77. The molecule has 0 unspecified atom stereocenters. The number of aromatic nitrogens is 1. The summed E-state index contributed by atoms with van der Waals surface area (Å²) in [5.74, 6) is -3.36. The van der Waals surface area contributed by atoms with E-state index in [9.17, 15) is 18.7 Å². The van der Waals surface area contributed by atoms with Gasteiger partial charge in [-0.25, -0.2) is 0 Å². The van der Waals surface area contributed by atoms with Crippen molar-refractivity contribution in [2.75, 3.05) is 11.4 Å². The molecule has 1 aromatic heterocycles. The Labute approximate surface area is 132 Å². The maximum absolute atomic E-state index is 13.2. The second kappa shape index (κ2) is 5.61. The van der Waals surface area contributed by atoms with Gasteiger partial charge in [0.1, 0.15) is 11.4 Å². The second-order valence-electron chi connectivity index (χ2n) is 5.67. The van der Waals surface area contributed by atoms with Gasteiger partial charge in [0.2, 0.25) is 0 Å². The minimum absolute atomic E-state index is 0.0419. The third-order valence-corrected chi connectivity index (χ3v) is 3.90. The molecule has 3 rings (SSSR count). The van der Waals surface area contributed by atoms with Crippen molar-refractivity contribution in [3.8, 4) is 5.75 Å². The fraction of sp³-hybridized carbons (Fsp3) is 0.294. The molecule has 0 spiro atoms. The molecule has 0 aliphatic carbocycles. The van der Waals surface area contributed by atoms with Crippen molar-refractivity contribution in [1.82, 2.24) is 4.98 Å². The molecule has 0 bridgehead atoms. The average Bonchev–Trinajstić information content (AvgIpc) is 2.53. The number of anilines is 1. The number of pyridine rings is 1. The number of fused-ring (bicyclic) bond motifs is 1. The normalized spacial score (nSPS) is 14.5. The van der Waals surface area contributed by atoms with E-state index >= 15 is 0 Å². The second-order valence-corrected chi connectivity index (χ2v) is 5.67. The Morgan fingerprint density at radius 1 is 1.30 bits per heavy atom. The highest BCUT2D eigenvalue weighted by Crippen LogP contribution is 2.36. The van der Waals surface area contributed by atoms with Gasteiger partial charge in [0.15, 0.2) is 0 Å². The first-order valence-corrected chi connectivity index (χ1v) is 7.35. The quantitative estimate of drug-likeness (QED) is 0.922. The van der Waals surface area contributed by atoms with Crippen LogP contribution in [0.3, 0.4) is 0 Å². The first-order chi connectivity index (χ1) is 10.9. The van der Waals surface area contributed by atoms with E-state index in [0.29, 0.717) is 12.2 Å². The third kappa shape index (κ3) is 2.88. The number of para-hydroxylation sites is 1. The van der Waals surface area contributed by atoms with E-state index < -0.39 is 5.92 Å². The van der Waals surface area contributed by atoms with Crippen LogP contribution in [0.2, 0.25) is 0 Å². The topological polar surface area (TPSA) is 53.4 Å². The molecule has 4 nitrogen and oxygen atoms in total. The number of halogens is 2. The van der Waals surface area contributed by atoms with Gasteiger partial charge < -0.3 is 10.0 Å². The highest BCUT2D eigenvalue weighted by atomic mass is 19.3. The predicted octanol–water partition coefficient (Wildman–Crippen LogP) is 3.49. The van der Waals surface area contributed by atoms with E-state index in [-0.39, 0.29) is 22.9 Å². The first kappa shape index (κ1) is 15.4. The highest BCUT2D eigenvalue weighted by molar-refractivity contribution is 6.07. The van der Waals surface area contributed by atoms with Crippen LogP contribution in [0, 0.1) is 0 Å². The molecule has 23 heavy (non-hydrogen) atoms. The lowest BCUT2D eigenvalue weighted by atomic mass is 10.00. The van der Waals surface area contributed by atoms with Gasteiger partial charge in [-0.1, -0.05) is 12.1 Å². The maximum atomic E-state index is 13.2. The van der Waals surface area contributed by atoms with Crippen LogP contribution in [-0.4, -0.2) is 22.5 Å². The number of nitrogens with zero attached hydrogens (tertiary/aromatic N) is 2. The summed E-state index contributed by atoms with van der Waals surface area (Å²) in [6.07, 6.45) is 2.72. The van der Waals surface area contributed by atoms with E-state index in [1.807, 2.05) is 6.07 Å². The van der Waals surface area contributed by atoms with Crippen LogP contribution in [0.5, 0.6) is 5.75 Å². The molecule has 120 valence electrons. The maximum Gasteiger partial charge on any atom is 0.286 e. The van der Waals surface area contributed by atoms with Crippen molar-refractivity contribution < 1.29 is 18.7 Å². The molecular formula is C17H16F2N2O2. The molecule has 2 heterocycles. The van der Waals surface area contributed by atoms with Crippen LogP contribution in [0.4, 0.5) is 14.5 Å². The number of aromatic hydroxyl groups is 1. The average molecular weight is 318 g/mol. The van der Waals surface area contributed by atoms with Crippen LogP contribution < -0.4 is 4.90 Å². The molecule has 0 atom stereocenters. The molecular weight excluding hydrogens is 302 g/mol. The minimum Gasteiger partial charge on any atom is -0.506 e. The first-order valence-electron chi connectivity index (χ1n) is 7.35. The molecule has 6 heteroatoms. The van der Waals surface area contributed by atoms with Gasteiger partial charge in [-0.2, -0.15) is 8.78 Å². The number of carbonyl (C=O) groups excluding carboxylic acids is 1. The van der Waals surface area contributed by atoms with Crippen molar-refractivity contribution in [2.45, 2.75) is 25.7 Å². The van der Waals surface area contributed by atoms with Gasteiger partial charge in [0.05, 0.1) is 11.3 Å². The zero-order valence-electron chi connectivity index (χ0n) is 12.6. The molecule has 0 radical (unpaired) electrons. The van der Waals surface area contributed by atoms with E-state index in [4.69, 9.17) is 0 Å². The van der Waals surface area contributed by atoms with Gasteiger partial charge in [-0.15, -0.1) is 0 Å². The molecule has 0 fully saturated rings. The van der Waals surface area contributed by atoms with Crippen molar-refractivity contribution in [2.24, 2.45) is 0 Å². The summed E-state index contributed by atoms with van der Waals surface area (Å²) in [6.45, 7) is 1.23. The number of rotatable bonds is 2. The van der Waals surface area contributed by atoms with Crippen LogP contribution in [-0.2, 0) is 12.3 Å². The van der Waals surface area contributed by atoms with Crippen LogP contribution >= 0.6 is 0 Å². The SMILES string of the molecule is CC(F)(F)c1ccc(C(=O)N2CCCc3cccc(O)c32)cn1.